The van der Waals surface area contributed by atoms with Crippen LogP contribution in [0.25, 0.3) is 0 Å². The van der Waals surface area contributed by atoms with E-state index in [-0.39, 0.29) is 18.0 Å². The number of hydrogen-bond donors (Lipinski definition) is 4. The van der Waals surface area contributed by atoms with Gasteiger partial charge in [-0.2, -0.15) is 0 Å². The first-order chi connectivity index (χ1) is 13.1. The van der Waals surface area contributed by atoms with E-state index in [2.05, 4.69) is 21.3 Å². The Hall–Kier alpha value is -2.57. The highest BCUT2D eigenvalue weighted by molar-refractivity contribution is 6.33. The van der Waals surface area contributed by atoms with Gasteiger partial charge in [0.1, 0.15) is 0 Å². The van der Waals surface area contributed by atoms with E-state index < -0.39 is 0 Å². The van der Waals surface area contributed by atoms with Gasteiger partial charge in [-0.25, -0.2) is 4.79 Å². The van der Waals surface area contributed by atoms with Crippen LogP contribution in [-0.2, 0) is 11.3 Å². The first-order valence-electron chi connectivity index (χ1n) is 9.04. The maximum absolute atomic E-state index is 12.3. The fraction of sp³-hybridized carbons (Fsp3) is 0.300. The number of carbonyl (C=O) groups excluding carboxylic acids is 2. The van der Waals surface area contributed by atoms with Crippen molar-refractivity contribution in [2.45, 2.75) is 31.8 Å². The Labute approximate surface area is 163 Å². The van der Waals surface area contributed by atoms with Crippen molar-refractivity contribution in [3.8, 4) is 0 Å². The molecule has 142 valence electrons. The summed E-state index contributed by atoms with van der Waals surface area (Å²) < 4.78 is 0. The third-order valence-electron chi connectivity index (χ3n) is 4.40. The van der Waals surface area contributed by atoms with Crippen molar-refractivity contribution in [1.82, 2.24) is 10.6 Å². The summed E-state index contributed by atoms with van der Waals surface area (Å²) >= 11 is 6.03. The summed E-state index contributed by atoms with van der Waals surface area (Å²) in [4.78, 5) is 24.4. The third-order valence-corrected chi connectivity index (χ3v) is 4.73. The minimum atomic E-state index is -0.344. The Bertz CT molecular complexity index is 806. The zero-order valence-electron chi connectivity index (χ0n) is 14.9. The number of urea groups is 1. The Morgan fingerprint density at radius 2 is 1.93 bits per heavy atom. The largest absolute Gasteiger partial charge is 0.334 e. The van der Waals surface area contributed by atoms with Gasteiger partial charge < -0.3 is 21.3 Å². The Morgan fingerprint density at radius 1 is 1.07 bits per heavy atom. The van der Waals surface area contributed by atoms with E-state index >= 15 is 0 Å². The van der Waals surface area contributed by atoms with Crippen LogP contribution in [0.3, 0.4) is 0 Å². The number of para-hydroxylation sites is 1. The van der Waals surface area contributed by atoms with Gasteiger partial charge in [0.25, 0.3) is 0 Å². The SMILES string of the molecule is O=C(NCc1cccc(NC(=O)C2CCCCN2)c1)Nc1ccccc1Cl. The number of nitrogens with one attached hydrogen (secondary N) is 4. The molecule has 0 radical (unpaired) electrons. The predicted molar refractivity (Wildman–Crippen MR) is 108 cm³/mol. The molecule has 1 heterocycles. The molecular weight excluding hydrogens is 364 g/mol. The number of piperidine rings is 1. The molecule has 1 aliphatic heterocycles. The standard InChI is InChI=1S/C20H23ClN4O2/c21-16-8-1-2-9-17(16)25-20(27)23-13-14-6-5-7-15(12-14)24-19(26)18-10-3-4-11-22-18/h1-2,5-9,12,18,22H,3-4,10-11,13H2,(H,24,26)(H2,23,25,27). The molecule has 7 heteroatoms. The number of benzene rings is 2. The van der Waals surface area contributed by atoms with Gasteiger partial charge in [0.15, 0.2) is 0 Å². The number of halogens is 1. The fourth-order valence-electron chi connectivity index (χ4n) is 2.98. The second kappa shape index (κ2) is 9.39. The van der Waals surface area contributed by atoms with E-state index in [9.17, 15) is 9.59 Å². The predicted octanol–water partition coefficient (Wildman–Crippen LogP) is 3.74. The van der Waals surface area contributed by atoms with Gasteiger partial charge in [0, 0.05) is 12.2 Å². The molecule has 0 bridgehead atoms. The van der Waals surface area contributed by atoms with Crippen LogP contribution in [0.2, 0.25) is 5.02 Å². The number of amides is 3. The zero-order valence-corrected chi connectivity index (χ0v) is 15.7. The molecule has 0 aromatic heterocycles. The maximum Gasteiger partial charge on any atom is 0.319 e. The molecule has 6 nitrogen and oxygen atoms in total. The second-order valence-electron chi connectivity index (χ2n) is 6.48. The van der Waals surface area contributed by atoms with Crippen molar-refractivity contribution in [3.05, 3.63) is 59.1 Å². The van der Waals surface area contributed by atoms with Crippen LogP contribution in [0.5, 0.6) is 0 Å². The van der Waals surface area contributed by atoms with Crippen molar-refractivity contribution in [1.29, 1.82) is 0 Å². The maximum atomic E-state index is 12.3. The molecule has 2 aromatic rings. The molecule has 3 amide bonds. The van der Waals surface area contributed by atoms with Crippen LogP contribution in [0, 0.1) is 0 Å². The lowest BCUT2D eigenvalue weighted by Gasteiger charge is -2.22. The molecule has 1 atom stereocenters. The smallest absolute Gasteiger partial charge is 0.319 e. The van der Waals surface area contributed by atoms with Gasteiger partial charge in [-0.1, -0.05) is 42.3 Å². The van der Waals surface area contributed by atoms with Crippen LogP contribution >= 0.6 is 11.6 Å². The molecule has 3 rings (SSSR count). The highest BCUT2D eigenvalue weighted by Gasteiger charge is 2.20. The average molecular weight is 387 g/mol. The summed E-state index contributed by atoms with van der Waals surface area (Å²) in [6.07, 6.45) is 3.03. The van der Waals surface area contributed by atoms with E-state index in [4.69, 9.17) is 11.6 Å². The Kier molecular flexibility index (Phi) is 6.68. The fourth-order valence-corrected chi connectivity index (χ4v) is 3.16. The normalized spacial score (nSPS) is 16.4. The highest BCUT2D eigenvalue weighted by atomic mass is 35.5. The zero-order chi connectivity index (χ0) is 19.1. The molecule has 1 saturated heterocycles. The summed E-state index contributed by atoms with van der Waals surface area (Å²) in [6, 6.07) is 14.0. The molecule has 0 aliphatic carbocycles. The van der Waals surface area contributed by atoms with Gasteiger partial charge in [0.05, 0.1) is 16.8 Å². The quantitative estimate of drug-likeness (QED) is 0.631. The van der Waals surface area contributed by atoms with Crippen molar-refractivity contribution in [2.24, 2.45) is 0 Å². The number of anilines is 2. The van der Waals surface area contributed by atoms with Crippen molar-refractivity contribution in [3.63, 3.8) is 0 Å². The lowest BCUT2D eigenvalue weighted by Crippen LogP contribution is -2.43. The first kappa shape index (κ1) is 19.2. The van der Waals surface area contributed by atoms with Crippen LogP contribution in [0.1, 0.15) is 24.8 Å². The van der Waals surface area contributed by atoms with Crippen molar-refractivity contribution in [2.75, 3.05) is 17.2 Å². The Balaban J connectivity index is 1.52. The molecule has 1 fully saturated rings. The first-order valence-corrected chi connectivity index (χ1v) is 9.42. The highest BCUT2D eigenvalue weighted by Crippen LogP contribution is 2.20. The van der Waals surface area contributed by atoms with E-state index in [0.29, 0.717) is 17.3 Å². The van der Waals surface area contributed by atoms with E-state index in [1.165, 1.54) is 0 Å². The van der Waals surface area contributed by atoms with Crippen molar-refractivity contribution >= 4 is 34.9 Å². The van der Waals surface area contributed by atoms with Crippen LogP contribution in [0.4, 0.5) is 16.2 Å². The van der Waals surface area contributed by atoms with Crippen LogP contribution in [0.15, 0.2) is 48.5 Å². The van der Waals surface area contributed by atoms with Crippen LogP contribution in [-0.4, -0.2) is 24.5 Å². The molecular formula is C20H23ClN4O2. The average Bonchev–Trinajstić information content (AvgIpc) is 2.69. The van der Waals surface area contributed by atoms with E-state index in [1.807, 2.05) is 24.3 Å². The van der Waals surface area contributed by atoms with Gasteiger partial charge in [-0.05, 0) is 49.2 Å². The lowest BCUT2D eigenvalue weighted by atomic mass is 10.0. The summed E-state index contributed by atoms with van der Waals surface area (Å²) in [5, 5.41) is 12.1. The van der Waals surface area contributed by atoms with E-state index in [1.54, 1.807) is 24.3 Å². The number of hydrogen-bond acceptors (Lipinski definition) is 3. The lowest BCUT2D eigenvalue weighted by molar-refractivity contribution is -0.118. The van der Waals surface area contributed by atoms with Gasteiger partial charge in [-0.3, -0.25) is 4.79 Å². The monoisotopic (exact) mass is 386 g/mol. The van der Waals surface area contributed by atoms with Gasteiger partial charge >= 0.3 is 6.03 Å². The van der Waals surface area contributed by atoms with Crippen LogP contribution < -0.4 is 21.3 Å². The molecule has 1 unspecified atom stereocenters. The molecule has 27 heavy (non-hydrogen) atoms. The molecule has 0 saturated carbocycles. The van der Waals surface area contributed by atoms with Crippen molar-refractivity contribution < 1.29 is 9.59 Å². The molecule has 0 spiro atoms. The molecule has 1 aliphatic rings. The summed E-state index contributed by atoms with van der Waals surface area (Å²) in [5.74, 6) is -0.0173. The summed E-state index contributed by atoms with van der Waals surface area (Å²) in [7, 11) is 0. The van der Waals surface area contributed by atoms with E-state index in [0.717, 1.165) is 37.1 Å². The Morgan fingerprint density at radius 3 is 2.70 bits per heavy atom. The topological polar surface area (TPSA) is 82.3 Å². The summed E-state index contributed by atoms with van der Waals surface area (Å²) in [6.45, 7) is 1.21. The minimum Gasteiger partial charge on any atom is -0.334 e. The second-order valence-corrected chi connectivity index (χ2v) is 6.89. The molecule has 4 N–H and O–H groups in total. The third kappa shape index (κ3) is 5.70. The van der Waals surface area contributed by atoms with Gasteiger partial charge in [-0.15, -0.1) is 0 Å². The van der Waals surface area contributed by atoms with Gasteiger partial charge in [0.2, 0.25) is 5.91 Å². The summed E-state index contributed by atoms with van der Waals surface area (Å²) in [5.41, 5.74) is 2.16. The number of carbonyl (C=O) groups is 2. The minimum absolute atomic E-state index is 0.0173. The molecule has 2 aromatic carbocycles. The number of rotatable bonds is 5.